The molecule has 0 atom stereocenters. The van der Waals surface area contributed by atoms with Crippen molar-refractivity contribution in [1.82, 2.24) is 9.88 Å². The van der Waals surface area contributed by atoms with Crippen LogP contribution in [-0.4, -0.2) is 43.1 Å². The Bertz CT molecular complexity index is 923. The van der Waals surface area contributed by atoms with Crippen molar-refractivity contribution in [3.05, 3.63) is 70.2 Å². The molecule has 2 aromatic carbocycles. The summed E-state index contributed by atoms with van der Waals surface area (Å²) in [5, 5.41) is 3.00. The maximum atomic E-state index is 12.6. The van der Waals surface area contributed by atoms with E-state index in [4.69, 9.17) is 14.2 Å². The molecule has 0 saturated heterocycles. The molecule has 0 N–H and O–H groups in total. The highest BCUT2D eigenvalue weighted by atomic mass is 32.1. The molecule has 29 heavy (non-hydrogen) atoms. The van der Waals surface area contributed by atoms with Crippen molar-refractivity contribution in [2.45, 2.75) is 13.5 Å². The van der Waals surface area contributed by atoms with Crippen LogP contribution in [-0.2, 0) is 6.61 Å². The van der Waals surface area contributed by atoms with Gasteiger partial charge in [-0.25, -0.2) is 4.98 Å². The van der Waals surface area contributed by atoms with E-state index in [1.54, 1.807) is 54.7 Å². The SMILES string of the molecule is COc1ccc(OCCN(C)C(=O)c2ccc(OCc3csc(C)n3)cc2)cc1. The number of rotatable bonds is 9. The number of nitrogens with zero attached hydrogens (tertiary/aromatic N) is 2. The van der Waals surface area contributed by atoms with Gasteiger partial charge in [0.25, 0.3) is 5.91 Å². The van der Waals surface area contributed by atoms with Crippen LogP contribution < -0.4 is 14.2 Å². The Morgan fingerprint density at radius 1 is 1.00 bits per heavy atom. The second-order valence-corrected chi connectivity index (χ2v) is 7.48. The molecule has 0 radical (unpaired) electrons. The van der Waals surface area contributed by atoms with Gasteiger partial charge in [-0.3, -0.25) is 4.79 Å². The Morgan fingerprint density at radius 3 is 2.24 bits per heavy atom. The maximum absolute atomic E-state index is 12.6. The number of methoxy groups -OCH3 is 1. The van der Waals surface area contributed by atoms with E-state index in [9.17, 15) is 4.79 Å². The molecular formula is C22H24N2O4S. The molecule has 7 heteroatoms. The first kappa shape index (κ1) is 20.7. The Morgan fingerprint density at radius 2 is 1.62 bits per heavy atom. The molecule has 0 aliphatic carbocycles. The summed E-state index contributed by atoms with van der Waals surface area (Å²) in [6.07, 6.45) is 0. The van der Waals surface area contributed by atoms with E-state index in [1.807, 2.05) is 36.6 Å². The molecule has 3 aromatic rings. The maximum Gasteiger partial charge on any atom is 0.253 e. The van der Waals surface area contributed by atoms with E-state index in [0.717, 1.165) is 22.2 Å². The van der Waals surface area contributed by atoms with Gasteiger partial charge in [-0.15, -0.1) is 11.3 Å². The van der Waals surface area contributed by atoms with Crippen molar-refractivity contribution in [1.29, 1.82) is 0 Å². The minimum atomic E-state index is -0.0648. The van der Waals surface area contributed by atoms with Crippen LogP contribution in [0.25, 0.3) is 0 Å². The van der Waals surface area contributed by atoms with Gasteiger partial charge in [0, 0.05) is 18.0 Å². The summed E-state index contributed by atoms with van der Waals surface area (Å²) >= 11 is 1.60. The summed E-state index contributed by atoms with van der Waals surface area (Å²) in [7, 11) is 3.38. The van der Waals surface area contributed by atoms with Gasteiger partial charge in [0.2, 0.25) is 0 Å². The number of hydrogen-bond acceptors (Lipinski definition) is 6. The lowest BCUT2D eigenvalue weighted by Crippen LogP contribution is -2.30. The lowest BCUT2D eigenvalue weighted by Gasteiger charge is -2.18. The monoisotopic (exact) mass is 412 g/mol. The van der Waals surface area contributed by atoms with Gasteiger partial charge in [0.15, 0.2) is 0 Å². The predicted molar refractivity (Wildman–Crippen MR) is 113 cm³/mol. The van der Waals surface area contributed by atoms with Crippen LogP contribution in [0.3, 0.4) is 0 Å². The number of amides is 1. The van der Waals surface area contributed by atoms with Crippen molar-refractivity contribution in [3.63, 3.8) is 0 Å². The van der Waals surface area contributed by atoms with E-state index in [1.165, 1.54) is 0 Å². The molecule has 0 fully saturated rings. The molecule has 1 aromatic heterocycles. The number of carbonyl (C=O) groups is 1. The highest BCUT2D eigenvalue weighted by Crippen LogP contribution is 2.18. The van der Waals surface area contributed by atoms with Gasteiger partial charge in [0.1, 0.15) is 30.5 Å². The second-order valence-electron chi connectivity index (χ2n) is 6.42. The molecule has 0 aliphatic heterocycles. The van der Waals surface area contributed by atoms with Crippen LogP contribution in [0.5, 0.6) is 17.2 Å². The van der Waals surface area contributed by atoms with E-state index in [0.29, 0.717) is 31.1 Å². The van der Waals surface area contributed by atoms with Crippen LogP contribution in [0, 0.1) is 6.92 Å². The van der Waals surface area contributed by atoms with Crippen LogP contribution >= 0.6 is 11.3 Å². The molecule has 0 unspecified atom stereocenters. The summed E-state index contributed by atoms with van der Waals surface area (Å²) in [6, 6.07) is 14.5. The molecule has 6 nitrogen and oxygen atoms in total. The predicted octanol–water partition coefficient (Wildman–Crippen LogP) is 4.19. The number of likely N-dealkylation sites (N-methyl/N-ethyl adjacent to an activating group) is 1. The van der Waals surface area contributed by atoms with Crippen molar-refractivity contribution in [2.24, 2.45) is 0 Å². The molecule has 0 aliphatic rings. The third kappa shape index (κ3) is 5.96. The summed E-state index contributed by atoms with van der Waals surface area (Å²) in [4.78, 5) is 18.6. The molecule has 0 saturated carbocycles. The second kappa shape index (κ2) is 9.93. The Balaban J connectivity index is 1.45. The Labute approximate surface area is 174 Å². The summed E-state index contributed by atoms with van der Waals surface area (Å²) in [6.45, 7) is 3.27. The fourth-order valence-corrected chi connectivity index (χ4v) is 3.22. The topological polar surface area (TPSA) is 60.9 Å². The van der Waals surface area contributed by atoms with E-state index >= 15 is 0 Å². The van der Waals surface area contributed by atoms with Gasteiger partial charge in [-0.05, 0) is 55.5 Å². The Kier molecular flexibility index (Phi) is 7.08. The number of hydrogen-bond donors (Lipinski definition) is 0. The molecule has 1 heterocycles. The average Bonchev–Trinajstić information content (AvgIpc) is 3.17. The number of ether oxygens (including phenoxy) is 3. The highest BCUT2D eigenvalue weighted by molar-refractivity contribution is 7.09. The fraction of sp³-hybridized carbons (Fsp3) is 0.273. The van der Waals surface area contributed by atoms with E-state index in [-0.39, 0.29) is 5.91 Å². The molecule has 152 valence electrons. The quantitative estimate of drug-likeness (QED) is 0.527. The standard InChI is InChI=1S/C22H24N2O4S/c1-16-23-18(15-29-16)14-28-21-6-4-17(5-7-21)22(25)24(2)12-13-27-20-10-8-19(26-3)9-11-20/h4-11,15H,12-14H2,1-3H3. The van der Waals surface area contributed by atoms with E-state index < -0.39 is 0 Å². The van der Waals surface area contributed by atoms with Crippen LogP contribution in [0.1, 0.15) is 21.1 Å². The highest BCUT2D eigenvalue weighted by Gasteiger charge is 2.12. The first-order valence-corrected chi connectivity index (χ1v) is 10.1. The van der Waals surface area contributed by atoms with Crippen LogP contribution in [0.2, 0.25) is 0 Å². The van der Waals surface area contributed by atoms with Crippen molar-refractivity contribution >= 4 is 17.2 Å². The molecule has 0 bridgehead atoms. The van der Waals surface area contributed by atoms with Gasteiger partial charge >= 0.3 is 0 Å². The van der Waals surface area contributed by atoms with E-state index in [2.05, 4.69) is 4.98 Å². The molecular weight excluding hydrogens is 388 g/mol. The molecule has 1 amide bonds. The van der Waals surface area contributed by atoms with Crippen LogP contribution in [0.15, 0.2) is 53.9 Å². The number of benzene rings is 2. The number of carbonyl (C=O) groups excluding carboxylic acids is 1. The number of aromatic nitrogens is 1. The third-order valence-electron chi connectivity index (χ3n) is 4.26. The number of aryl methyl sites for hydroxylation is 1. The lowest BCUT2D eigenvalue weighted by molar-refractivity contribution is 0.0773. The summed E-state index contributed by atoms with van der Waals surface area (Å²) in [5.41, 5.74) is 1.51. The smallest absolute Gasteiger partial charge is 0.253 e. The normalized spacial score (nSPS) is 10.4. The van der Waals surface area contributed by atoms with Crippen molar-refractivity contribution in [3.8, 4) is 17.2 Å². The zero-order valence-electron chi connectivity index (χ0n) is 16.8. The molecule has 0 spiro atoms. The third-order valence-corrected chi connectivity index (χ3v) is 5.08. The average molecular weight is 413 g/mol. The van der Waals surface area contributed by atoms with Gasteiger partial charge in [-0.2, -0.15) is 0 Å². The van der Waals surface area contributed by atoms with Crippen molar-refractivity contribution < 1.29 is 19.0 Å². The minimum absolute atomic E-state index is 0.0648. The molecule has 3 rings (SSSR count). The first-order chi connectivity index (χ1) is 14.0. The largest absolute Gasteiger partial charge is 0.497 e. The minimum Gasteiger partial charge on any atom is -0.497 e. The van der Waals surface area contributed by atoms with Gasteiger partial charge in [-0.1, -0.05) is 0 Å². The Hall–Kier alpha value is -3.06. The number of thiazole rings is 1. The van der Waals surface area contributed by atoms with Gasteiger partial charge < -0.3 is 19.1 Å². The lowest BCUT2D eigenvalue weighted by atomic mass is 10.2. The fourth-order valence-electron chi connectivity index (χ4n) is 2.62. The first-order valence-electron chi connectivity index (χ1n) is 9.21. The van der Waals surface area contributed by atoms with Crippen LogP contribution in [0.4, 0.5) is 0 Å². The summed E-state index contributed by atoms with van der Waals surface area (Å²) < 4.78 is 16.5. The zero-order chi connectivity index (χ0) is 20.6. The van der Waals surface area contributed by atoms with Crippen molar-refractivity contribution in [2.75, 3.05) is 27.3 Å². The van der Waals surface area contributed by atoms with Gasteiger partial charge in [0.05, 0.1) is 24.4 Å². The zero-order valence-corrected chi connectivity index (χ0v) is 17.6. The summed E-state index contributed by atoms with van der Waals surface area (Å²) in [5.74, 6) is 2.16.